The smallest absolute Gasteiger partial charge is 0.338 e. The van der Waals surface area contributed by atoms with Gasteiger partial charge in [-0.15, -0.1) is 0 Å². The van der Waals surface area contributed by atoms with Crippen LogP contribution >= 0.6 is 0 Å². The van der Waals surface area contributed by atoms with E-state index in [4.69, 9.17) is 14.2 Å². The van der Waals surface area contributed by atoms with Gasteiger partial charge in [-0.2, -0.15) is 10.1 Å². The van der Waals surface area contributed by atoms with Crippen LogP contribution in [0, 0.1) is 0 Å². The van der Waals surface area contributed by atoms with Crippen molar-refractivity contribution in [3.05, 3.63) is 54.0 Å². The summed E-state index contributed by atoms with van der Waals surface area (Å²) in [6.45, 7) is 5.49. The Bertz CT molecular complexity index is 872. The van der Waals surface area contributed by atoms with E-state index in [9.17, 15) is 4.79 Å². The molecule has 0 radical (unpaired) electrons. The van der Waals surface area contributed by atoms with Crippen LogP contribution in [-0.4, -0.2) is 41.6 Å². The van der Waals surface area contributed by atoms with Gasteiger partial charge in [-0.05, 0) is 25.1 Å². The minimum atomic E-state index is -0.573. The van der Waals surface area contributed by atoms with Crippen molar-refractivity contribution in [2.45, 2.75) is 13.0 Å². The molecule has 0 spiro atoms. The molecule has 136 valence electrons. The highest BCUT2D eigenvalue weighted by Crippen LogP contribution is 2.40. The summed E-state index contributed by atoms with van der Waals surface area (Å²) in [7, 11) is 3.15. The van der Waals surface area contributed by atoms with Crippen LogP contribution in [0.1, 0.15) is 18.5 Å². The van der Waals surface area contributed by atoms with Gasteiger partial charge in [0.2, 0.25) is 5.95 Å². The van der Waals surface area contributed by atoms with Crippen molar-refractivity contribution >= 4 is 11.9 Å². The SMILES string of the molecule is C=CCOC(=O)C1=C(C)Nc2ncnn2[C@@H]1c1cc(OC)ccc1OC. The van der Waals surface area contributed by atoms with Crippen molar-refractivity contribution in [1.82, 2.24) is 14.8 Å². The number of ether oxygens (including phenoxy) is 3. The minimum Gasteiger partial charge on any atom is -0.497 e. The van der Waals surface area contributed by atoms with Crippen LogP contribution in [0.5, 0.6) is 11.5 Å². The quantitative estimate of drug-likeness (QED) is 0.628. The zero-order valence-electron chi connectivity index (χ0n) is 14.9. The van der Waals surface area contributed by atoms with Crippen LogP contribution in [0.15, 0.2) is 48.5 Å². The first-order valence-corrected chi connectivity index (χ1v) is 7.98. The van der Waals surface area contributed by atoms with Crippen LogP contribution in [0.3, 0.4) is 0 Å². The molecule has 1 aromatic carbocycles. The third kappa shape index (κ3) is 3.01. The Morgan fingerprint density at radius 3 is 2.88 bits per heavy atom. The van der Waals surface area contributed by atoms with Crippen molar-refractivity contribution in [2.75, 3.05) is 26.1 Å². The second kappa shape index (κ2) is 7.30. The number of aromatic nitrogens is 3. The van der Waals surface area contributed by atoms with E-state index < -0.39 is 12.0 Å². The number of esters is 1. The van der Waals surface area contributed by atoms with E-state index in [2.05, 4.69) is 22.0 Å². The molecule has 1 aliphatic heterocycles. The molecule has 1 N–H and O–H groups in total. The van der Waals surface area contributed by atoms with Crippen LogP contribution in [0.25, 0.3) is 0 Å². The van der Waals surface area contributed by atoms with E-state index in [1.54, 1.807) is 38.0 Å². The Kier molecular flexibility index (Phi) is 4.92. The predicted molar refractivity (Wildman–Crippen MR) is 95.2 cm³/mol. The molecule has 0 unspecified atom stereocenters. The minimum absolute atomic E-state index is 0.113. The largest absolute Gasteiger partial charge is 0.497 e. The lowest BCUT2D eigenvalue weighted by Crippen LogP contribution is -2.30. The van der Waals surface area contributed by atoms with Crippen molar-refractivity contribution in [1.29, 1.82) is 0 Å². The lowest BCUT2D eigenvalue weighted by atomic mass is 9.94. The number of fused-ring (bicyclic) bond motifs is 1. The van der Waals surface area contributed by atoms with Crippen LogP contribution < -0.4 is 14.8 Å². The van der Waals surface area contributed by atoms with Crippen molar-refractivity contribution in [2.24, 2.45) is 0 Å². The van der Waals surface area contributed by atoms with Gasteiger partial charge < -0.3 is 19.5 Å². The van der Waals surface area contributed by atoms with E-state index in [1.165, 1.54) is 12.4 Å². The number of nitrogens with zero attached hydrogens (tertiary/aromatic N) is 3. The maximum atomic E-state index is 12.7. The van der Waals surface area contributed by atoms with Crippen LogP contribution in [0.2, 0.25) is 0 Å². The third-order valence-corrected chi connectivity index (χ3v) is 4.08. The van der Waals surface area contributed by atoms with Crippen molar-refractivity contribution in [3.63, 3.8) is 0 Å². The van der Waals surface area contributed by atoms with E-state index >= 15 is 0 Å². The highest BCUT2D eigenvalue weighted by Gasteiger charge is 2.36. The fourth-order valence-electron chi connectivity index (χ4n) is 2.91. The molecule has 1 aliphatic rings. The van der Waals surface area contributed by atoms with Gasteiger partial charge in [-0.1, -0.05) is 12.7 Å². The van der Waals surface area contributed by atoms with E-state index in [1.807, 2.05) is 6.07 Å². The first-order valence-electron chi connectivity index (χ1n) is 7.98. The fraction of sp³-hybridized carbons (Fsp3) is 0.278. The lowest BCUT2D eigenvalue weighted by molar-refractivity contribution is -0.138. The molecule has 1 atom stereocenters. The molecule has 0 fully saturated rings. The summed E-state index contributed by atoms with van der Waals surface area (Å²) < 4.78 is 17.8. The second-order valence-corrected chi connectivity index (χ2v) is 5.59. The van der Waals surface area contributed by atoms with Crippen molar-refractivity contribution < 1.29 is 19.0 Å². The van der Waals surface area contributed by atoms with Crippen LogP contribution in [0.4, 0.5) is 5.95 Å². The topological polar surface area (TPSA) is 87.5 Å². The number of hydrogen-bond donors (Lipinski definition) is 1. The standard InChI is InChI=1S/C18H20N4O4/c1-5-8-26-17(23)15-11(2)21-18-19-10-20-22(18)16(15)13-9-12(24-3)6-7-14(13)25-4/h5-7,9-10,16H,1,8H2,2-4H3,(H,19,20,21)/t16-/m1/s1. The number of carbonyl (C=O) groups is 1. The summed E-state index contributed by atoms with van der Waals surface area (Å²) in [4.78, 5) is 16.9. The first kappa shape index (κ1) is 17.5. The zero-order chi connectivity index (χ0) is 18.7. The number of hydrogen-bond acceptors (Lipinski definition) is 7. The van der Waals surface area contributed by atoms with Crippen LogP contribution in [-0.2, 0) is 9.53 Å². The molecule has 0 bridgehead atoms. The Morgan fingerprint density at radius 1 is 1.38 bits per heavy atom. The molecule has 1 aromatic heterocycles. The molecular formula is C18H20N4O4. The van der Waals surface area contributed by atoms with Gasteiger partial charge in [0.05, 0.1) is 19.8 Å². The van der Waals surface area contributed by atoms with Gasteiger partial charge in [0.1, 0.15) is 30.5 Å². The highest BCUT2D eigenvalue weighted by atomic mass is 16.5. The summed E-state index contributed by atoms with van der Waals surface area (Å²) in [5.74, 6) is 1.29. The maximum absolute atomic E-state index is 12.7. The summed E-state index contributed by atoms with van der Waals surface area (Å²) >= 11 is 0. The Labute approximate surface area is 151 Å². The van der Waals surface area contributed by atoms with Gasteiger partial charge in [0.25, 0.3) is 0 Å². The zero-order valence-corrected chi connectivity index (χ0v) is 14.9. The highest BCUT2D eigenvalue weighted by molar-refractivity contribution is 5.92. The first-order chi connectivity index (χ1) is 12.6. The number of benzene rings is 1. The van der Waals surface area contributed by atoms with Gasteiger partial charge in [0, 0.05) is 11.3 Å². The molecule has 26 heavy (non-hydrogen) atoms. The van der Waals surface area contributed by atoms with Gasteiger partial charge in [0.15, 0.2) is 0 Å². The number of nitrogens with one attached hydrogen (secondary N) is 1. The molecule has 0 amide bonds. The maximum Gasteiger partial charge on any atom is 0.338 e. The van der Waals surface area contributed by atoms with Crippen molar-refractivity contribution in [3.8, 4) is 11.5 Å². The average Bonchev–Trinajstić information content (AvgIpc) is 3.12. The molecule has 0 saturated carbocycles. The fourth-order valence-corrected chi connectivity index (χ4v) is 2.91. The van der Waals surface area contributed by atoms with E-state index in [-0.39, 0.29) is 6.61 Å². The Balaban J connectivity index is 2.18. The molecule has 0 saturated heterocycles. The molecular weight excluding hydrogens is 336 g/mol. The molecule has 2 heterocycles. The summed E-state index contributed by atoms with van der Waals surface area (Å²) in [6.07, 6.45) is 2.94. The number of rotatable bonds is 6. The molecule has 8 nitrogen and oxygen atoms in total. The Morgan fingerprint density at radius 2 is 2.19 bits per heavy atom. The van der Waals surface area contributed by atoms with Gasteiger partial charge in [-0.25, -0.2) is 9.48 Å². The number of allylic oxidation sites excluding steroid dienone is 1. The second-order valence-electron chi connectivity index (χ2n) is 5.59. The third-order valence-electron chi connectivity index (χ3n) is 4.08. The van der Waals surface area contributed by atoms with Gasteiger partial charge >= 0.3 is 5.97 Å². The Hall–Kier alpha value is -3.29. The molecule has 3 rings (SSSR count). The predicted octanol–water partition coefficient (Wildman–Crippen LogP) is 2.31. The summed E-state index contributed by atoms with van der Waals surface area (Å²) in [5, 5.41) is 7.36. The number of anilines is 1. The van der Waals surface area contributed by atoms with Gasteiger partial charge in [-0.3, -0.25) is 0 Å². The summed E-state index contributed by atoms with van der Waals surface area (Å²) in [5.41, 5.74) is 1.76. The molecule has 0 aliphatic carbocycles. The number of methoxy groups -OCH3 is 2. The van der Waals surface area contributed by atoms with E-state index in [0.29, 0.717) is 34.3 Å². The lowest BCUT2D eigenvalue weighted by Gasteiger charge is -2.29. The average molecular weight is 356 g/mol. The van der Waals surface area contributed by atoms with E-state index in [0.717, 1.165) is 0 Å². The molecule has 2 aromatic rings. The number of carbonyl (C=O) groups excluding carboxylic acids is 1. The molecule has 8 heteroatoms. The normalized spacial score (nSPS) is 15.7. The monoisotopic (exact) mass is 356 g/mol. The summed E-state index contributed by atoms with van der Waals surface area (Å²) in [6, 6.07) is 4.82.